The minimum atomic E-state index is 0.915. The summed E-state index contributed by atoms with van der Waals surface area (Å²) >= 11 is 0. The molecule has 2 aliphatic carbocycles. The highest BCUT2D eigenvalue weighted by atomic mass is 14.3. The van der Waals surface area contributed by atoms with Crippen LogP contribution in [-0.2, 0) is 0 Å². The van der Waals surface area contributed by atoms with Crippen LogP contribution in [0.4, 0.5) is 0 Å². The lowest BCUT2D eigenvalue weighted by atomic mass is 9.73. The van der Waals surface area contributed by atoms with Gasteiger partial charge < -0.3 is 0 Å². The highest BCUT2D eigenvalue weighted by molar-refractivity contribution is 4.76. The summed E-state index contributed by atoms with van der Waals surface area (Å²) in [6, 6.07) is 0. The maximum absolute atomic E-state index is 2.43. The quantitative estimate of drug-likeness (QED) is 0.528. The summed E-state index contributed by atoms with van der Waals surface area (Å²) in [6.45, 7) is 4.86. The van der Waals surface area contributed by atoms with E-state index in [9.17, 15) is 0 Å². The third kappa shape index (κ3) is 5.12. The Bertz CT molecular complexity index is 212. The van der Waals surface area contributed by atoms with E-state index in [4.69, 9.17) is 0 Å². The molecule has 0 heterocycles. The molecule has 0 aromatic rings. The molecule has 0 bridgehead atoms. The average molecular weight is 264 g/mol. The first kappa shape index (κ1) is 15.4. The Morgan fingerprint density at radius 3 is 1.42 bits per heavy atom. The van der Waals surface area contributed by atoms with Crippen LogP contribution in [0.25, 0.3) is 0 Å². The van der Waals surface area contributed by atoms with Gasteiger partial charge in [0.1, 0.15) is 0 Å². The van der Waals surface area contributed by atoms with E-state index in [0.29, 0.717) is 0 Å². The fourth-order valence-electron chi connectivity index (χ4n) is 4.67. The van der Waals surface area contributed by atoms with Gasteiger partial charge in [0.25, 0.3) is 0 Å². The van der Waals surface area contributed by atoms with E-state index in [2.05, 4.69) is 13.8 Å². The van der Waals surface area contributed by atoms with Gasteiger partial charge in [0.15, 0.2) is 0 Å². The van der Waals surface area contributed by atoms with E-state index in [1.54, 1.807) is 25.7 Å². The van der Waals surface area contributed by atoms with Gasteiger partial charge in [0, 0.05) is 0 Å². The molecule has 0 amide bonds. The fourth-order valence-corrected chi connectivity index (χ4v) is 4.67. The van der Waals surface area contributed by atoms with Crippen molar-refractivity contribution in [2.24, 2.45) is 23.7 Å². The van der Waals surface area contributed by atoms with Gasteiger partial charge >= 0.3 is 0 Å². The Labute approximate surface area is 121 Å². The monoisotopic (exact) mass is 264 g/mol. The Morgan fingerprint density at radius 2 is 0.947 bits per heavy atom. The molecule has 0 aliphatic heterocycles. The lowest BCUT2D eigenvalue weighted by Crippen LogP contribution is -2.20. The molecule has 0 spiro atoms. The van der Waals surface area contributed by atoms with Crippen molar-refractivity contribution in [2.75, 3.05) is 0 Å². The summed E-state index contributed by atoms with van der Waals surface area (Å²) in [5.74, 6) is 4.12. The molecular formula is C19H36. The Balaban J connectivity index is 1.80. The van der Waals surface area contributed by atoms with Crippen LogP contribution in [0, 0.1) is 23.7 Å². The molecule has 2 saturated carbocycles. The predicted molar refractivity (Wildman–Crippen MR) is 85.3 cm³/mol. The van der Waals surface area contributed by atoms with E-state index in [1.165, 1.54) is 57.8 Å². The third-order valence-corrected chi connectivity index (χ3v) is 6.06. The van der Waals surface area contributed by atoms with Crippen LogP contribution in [0.1, 0.15) is 97.3 Å². The highest BCUT2D eigenvalue weighted by Gasteiger charge is 2.25. The second-order valence-corrected chi connectivity index (χ2v) is 7.73. The molecule has 0 saturated heterocycles. The molecule has 2 rings (SSSR count). The van der Waals surface area contributed by atoms with Crippen molar-refractivity contribution in [2.45, 2.75) is 97.3 Å². The van der Waals surface area contributed by atoms with Crippen LogP contribution >= 0.6 is 0 Å². The zero-order chi connectivity index (χ0) is 13.5. The van der Waals surface area contributed by atoms with Crippen molar-refractivity contribution >= 4 is 0 Å². The lowest BCUT2D eigenvalue weighted by molar-refractivity contribution is 0.193. The van der Waals surface area contributed by atoms with Crippen molar-refractivity contribution in [3.63, 3.8) is 0 Å². The van der Waals surface area contributed by atoms with Crippen LogP contribution in [0.2, 0.25) is 0 Å². The molecule has 0 atom stereocenters. The smallest absolute Gasteiger partial charge is 0.0386 e. The van der Waals surface area contributed by atoms with Gasteiger partial charge in [0.05, 0.1) is 0 Å². The predicted octanol–water partition coefficient (Wildman–Crippen LogP) is 6.59. The summed E-state index contributed by atoms with van der Waals surface area (Å²) in [5.41, 5.74) is 0. The van der Waals surface area contributed by atoms with E-state index < -0.39 is 0 Å². The van der Waals surface area contributed by atoms with Gasteiger partial charge in [-0.25, -0.2) is 0 Å². The number of rotatable bonds is 2. The molecule has 2 fully saturated rings. The summed E-state index contributed by atoms with van der Waals surface area (Å²) in [5, 5.41) is 0. The van der Waals surface area contributed by atoms with Crippen LogP contribution in [0.5, 0.6) is 0 Å². The summed E-state index contributed by atoms with van der Waals surface area (Å²) in [7, 11) is 0. The number of hydrogen-bond acceptors (Lipinski definition) is 0. The molecule has 0 heteroatoms. The zero-order valence-electron chi connectivity index (χ0n) is 13.5. The minimum absolute atomic E-state index is 0.915. The van der Waals surface area contributed by atoms with Gasteiger partial charge in [-0.2, -0.15) is 0 Å². The Hall–Kier alpha value is 0. The van der Waals surface area contributed by atoms with Crippen molar-refractivity contribution in [1.29, 1.82) is 0 Å². The molecule has 0 aromatic carbocycles. The largest absolute Gasteiger partial charge is 0.0625 e. The minimum Gasteiger partial charge on any atom is -0.0625 e. The van der Waals surface area contributed by atoms with Crippen molar-refractivity contribution in [3.8, 4) is 0 Å². The molecule has 112 valence electrons. The second-order valence-electron chi connectivity index (χ2n) is 7.73. The maximum atomic E-state index is 2.43. The molecule has 0 radical (unpaired) electrons. The second kappa shape index (κ2) is 8.32. The van der Waals surface area contributed by atoms with Crippen LogP contribution in [0.3, 0.4) is 0 Å². The zero-order valence-corrected chi connectivity index (χ0v) is 13.5. The molecular weight excluding hydrogens is 228 g/mol. The number of hydrogen-bond donors (Lipinski definition) is 0. The van der Waals surface area contributed by atoms with E-state index in [-0.39, 0.29) is 0 Å². The lowest BCUT2D eigenvalue weighted by Gasteiger charge is -2.32. The molecule has 19 heavy (non-hydrogen) atoms. The molecule has 0 aromatic heterocycles. The third-order valence-electron chi connectivity index (χ3n) is 6.06. The molecule has 2 aliphatic rings. The van der Waals surface area contributed by atoms with Crippen molar-refractivity contribution in [1.82, 2.24) is 0 Å². The SMILES string of the molecule is CC(C)C1CCCC(C2CCCCCCC2)CCC1. The molecule has 0 N–H and O–H groups in total. The first-order chi connectivity index (χ1) is 9.27. The van der Waals surface area contributed by atoms with Crippen LogP contribution in [0.15, 0.2) is 0 Å². The van der Waals surface area contributed by atoms with E-state index in [1.807, 2.05) is 0 Å². The molecule has 0 unspecified atom stereocenters. The Kier molecular flexibility index (Phi) is 6.74. The van der Waals surface area contributed by atoms with Gasteiger partial charge in [-0.3, -0.25) is 0 Å². The first-order valence-corrected chi connectivity index (χ1v) is 9.27. The summed E-state index contributed by atoms with van der Waals surface area (Å²) in [4.78, 5) is 0. The Morgan fingerprint density at radius 1 is 0.526 bits per heavy atom. The van der Waals surface area contributed by atoms with Gasteiger partial charge in [-0.1, -0.05) is 97.3 Å². The van der Waals surface area contributed by atoms with Crippen molar-refractivity contribution in [3.05, 3.63) is 0 Å². The van der Waals surface area contributed by atoms with Crippen molar-refractivity contribution < 1.29 is 0 Å². The normalized spacial score (nSPS) is 32.4. The highest BCUT2D eigenvalue weighted by Crippen LogP contribution is 2.38. The van der Waals surface area contributed by atoms with Gasteiger partial charge in [0.2, 0.25) is 0 Å². The van der Waals surface area contributed by atoms with Crippen LogP contribution < -0.4 is 0 Å². The van der Waals surface area contributed by atoms with Gasteiger partial charge in [-0.15, -0.1) is 0 Å². The maximum Gasteiger partial charge on any atom is -0.0386 e. The average Bonchev–Trinajstić information content (AvgIpc) is 2.29. The topological polar surface area (TPSA) is 0 Å². The summed E-state index contributed by atoms with van der Waals surface area (Å²) < 4.78 is 0. The first-order valence-electron chi connectivity index (χ1n) is 9.27. The van der Waals surface area contributed by atoms with Crippen LogP contribution in [-0.4, -0.2) is 0 Å². The standard InChI is InChI=1S/C19H36/c1-16(2)17-12-8-14-19(15-9-13-17)18-10-6-4-3-5-7-11-18/h16-19H,3-15H2,1-2H3. The van der Waals surface area contributed by atoms with E-state index >= 15 is 0 Å². The van der Waals surface area contributed by atoms with E-state index in [0.717, 1.165) is 23.7 Å². The fraction of sp³-hybridized carbons (Fsp3) is 1.00. The van der Waals surface area contributed by atoms with Gasteiger partial charge in [-0.05, 0) is 23.7 Å². The molecule has 0 nitrogen and oxygen atoms in total. The summed E-state index contributed by atoms with van der Waals surface area (Å²) in [6.07, 6.45) is 19.9.